The maximum absolute atomic E-state index is 11.4. The number of nitrogens with two attached hydrogens (primary N) is 1. The number of nitrogens with one attached hydrogen (secondary N) is 1. The average Bonchev–Trinajstić information content (AvgIpc) is 2.90. The first-order valence-electron chi connectivity index (χ1n) is 5.69. The summed E-state index contributed by atoms with van der Waals surface area (Å²) in [6, 6.07) is 0. The van der Waals surface area contributed by atoms with E-state index >= 15 is 0 Å². The first kappa shape index (κ1) is 15.7. The van der Waals surface area contributed by atoms with Gasteiger partial charge in [0.1, 0.15) is 0 Å². The molecule has 0 aromatic rings. The maximum atomic E-state index is 11.4. The van der Waals surface area contributed by atoms with Crippen molar-refractivity contribution in [3.63, 3.8) is 0 Å². The van der Waals surface area contributed by atoms with Gasteiger partial charge >= 0.3 is 0 Å². The van der Waals surface area contributed by atoms with Crippen LogP contribution in [-0.4, -0.2) is 31.2 Å². The molecule has 0 radical (unpaired) electrons. The summed E-state index contributed by atoms with van der Waals surface area (Å²) in [7, 11) is 0. The summed E-state index contributed by atoms with van der Waals surface area (Å²) in [5.41, 5.74) is 5.18. The van der Waals surface area contributed by atoms with Gasteiger partial charge in [0.2, 0.25) is 5.91 Å². The summed E-state index contributed by atoms with van der Waals surface area (Å²) in [5.74, 6) is 0.560. The SMILES string of the molecule is CC(C)COCCCNC(=O)C1(N)CC1.Cl. The molecule has 1 aliphatic carbocycles. The summed E-state index contributed by atoms with van der Waals surface area (Å²) in [4.78, 5) is 11.4. The zero-order chi connectivity index (χ0) is 11.3. The van der Waals surface area contributed by atoms with E-state index in [1.807, 2.05) is 0 Å². The van der Waals surface area contributed by atoms with Gasteiger partial charge in [-0.1, -0.05) is 13.8 Å². The minimum Gasteiger partial charge on any atom is -0.381 e. The fourth-order valence-electron chi connectivity index (χ4n) is 1.23. The molecule has 0 aromatic heterocycles. The minimum absolute atomic E-state index is 0. The zero-order valence-corrected chi connectivity index (χ0v) is 10.9. The molecule has 1 amide bonds. The van der Waals surface area contributed by atoms with Crippen LogP contribution in [0.4, 0.5) is 0 Å². The van der Waals surface area contributed by atoms with Crippen molar-refractivity contribution in [1.82, 2.24) is 5.32 Å². The molecule has 0 heterocycles. The molecule has 0 aliphatic heterocycles. The van der Waals surface area contributed by atoms with Gasteiger partial charge in [-0.15, -0.1) is 12.4 Å². The molecular formula is C11H23ClN2O2. The Bertz CT molecular complexity index is 218. The Balaban J connectivity index is 0.00000225. The van der Waals surface area contributed by atoms with Gasteiger partial charge < -0.3 is 15.8 Å². The normalized spacial score (nSPS) is 16.8. The van der Waals surface area contributed by atoms with Crippen LogP contribution in [0.15, 0.2) is 0 Å². The summed E-state index contributed by atoms with van der Waals surface area (Å²) < 4.78 is 5.40. The van der Waals surface area contributed by atoms with Gasteiger partial charge in [0.15, 0.2) is 0 Å². The lowest BCUT2D eigenvalue weighted by Gasteiger charge is -2.10. The van der Waals surface area contributed by atoms with Crippen molar-refractivity contribution >= 4 is 18.3 Å². The predicted molar refractivity (Wildman–Crippen MR) is 66.7 cm³/mol. The van der Waals surface area contributed by atoms with Crippen molar-refractivity contribution in [2.75, 3.05) is 19.8 Å². The van der Waals surface area contributed by atoms with Crippen LogP contribution in [0.25, 0.3) is 0 Å². The predicted octanol–water partition coefficient (Wildman–Crippen LogP) is 1.08. The number of hydrogen-bond donors (Lipinski definition) is 2. The smallest absolute Gasteiger partial charge is 0.240 e. The standard InChI is InChI=1S/C11H22N2O2.ClH/c1-9(2)8-15-7-3-6-13-10(14)11(12)4-5-11;/h9H,3-8,12H2,1-2H3,(H,13,14);1H. The van der Waals surface area contributed by atoms with Crippen molar-refractivity contribution < 1.29 is 9.53 Å². The van der Waals surface area contributed by atoms with Gasteiger partial charge in [0.25, 0.3) is 0 Å². The largest absolute Gasteiger partial charge is 0.381 e. The number of rotatable bonds is 7. The van der Waals surface area contributed by atoms with Crippen LogP contribution in [0.1, 0.15) is 33.1 Å². The number of halogens is 1. The highest BCUT2D eigenvalue weighted by Gasteiger charge is 2.45. The van der Waals surface area contributed by atoms with E-state index in [1.165, 1.54) is 0 Å². The van der Waals surface area contributed by atoms with E-state index < -0.39 is 5.54 Å². The van der Waals surface area contributed by atoms with Gasteiger partial charge in [0, 0.05) is 19.8 Å². The summed E-state index contributed by atoms with van der Waals surface area (Å²) in [6.45, 7) is 6.39. The molecule has 0 unspecified atom stereocenters. The second-order valence-electron chi connectivity index (χ2n) is 4.73. The molecule has 0 saturated heterocycles. The molecule has 1 rings (SSSR count). The Morgan fingerprint density at radius 1 is 1.50 bits per heavy atom. The van der Waals surface area contributed by atoms with Crippen molar-refractivity contribution in [2.45, 2.75) is 38.6 Å². The van der Waals surface area contributed by atoms with E-state index in [-0.39, 0.29) is 18.3 Å². The molecule has 0 atom stereocenters. The minimum atomic E-state index is -0.543. The molecule has 16 heavy (non-hydrogen) atoms. The molecule has 0 bridgehead atoms. The third kappa shape index (κ3) is 5.68. The average molecular weight is 251 g/mol. The van der Waals surface area contributed by atoms with Crippen molar-refractivity contribution in [1.29, 1.82) is 0 Å². The molecular weight excluding hydrogens is 228 g/mol. The number of ether oxygens (including phenoxy) is 1. The second-order valence-corrected chi connectivity index (χ2v) is 4.73. The lowest BCUT2D eigenvalue weighted by atomic mass is 10.2. The highest BCUT2D eigenvalue weighted by molar-refractivity contribution is 5.88. The van der Waals surface area contributed by atoms with Gasteiger partial charge in [-0.3, -0.25) is 4.79 Å². The highest BCUT2D eigenvalue weighted by atomic mass is 35.5. The molecule has 3 N–H and O–H groups in total. The summed E-state index contributed by atoms with van der Waals surface area (Å²) >= 11 is 0. The number of carbonyl (C=O) groups is 1. The van der Waals surface area contributed by atoms with E-state index in [2.05, 4.69) is 19.2 Å². The number of carbonyl (C=O) groups excluding carboxylic acids is 1. The van der Waals surface area contributed by atoms with Gasteiger partial charge in [-0.25, -0.2) is 0 Å². The van der Waals surface area contributed by atoms with Gasteiger partial charge in [0.05, 0.1) is 5.54 Å². The molecule has 5 heteroatoms. The Hall–Kier alpha value is -0.320. The molecule has 1 fully saturated rings. The Kier molecular flexibility index (Phi) is 6.95. The first-order chi connectivity index (χ1) is 7.04. The van der Waals surface area contributed by atoms with Gasteiger partial charge in [-0.2, -0.15) is 0 Å². The fourth-order valence-corrected chi connectivity index (χ4v) is 1.23. The van der Waals surface area contributed by atoms with Crippen LogP contribution in [0.5, 0.6) is 0 Å². The summed E-state index contributed by atoms with van der Waals surface area (Å²) in [6.07, 6.45) is 2.50. The Morgan fingerprint density at radius 2 is 2.12 bits per heavy atom. The van der Waals surface area contributed by atoms with Crippen molar-refractivity contribution in [3.8, 4) is 0 Å². The van der Waals surface area contributed by atoms with E-state index in [4.69, 9.17) is 10.5 Å². The van der Waals surface area contributed by atoms with Gasteiger partial charge in [-0.05, 0) is 25.2 Å². The van der Waals surface area contributed by atoms with E-state index in [0.717, 1.165) is 25.9 Å². The van der Waals surface area contributed by atoms with Crippen LogP contribution < -0.4 is 11.1 Å². The van der Waals surface area contributed by atoms with Crippen molar-refractivity contribution in [3.05, 3.63) is 0 Å². The Labute approximate surface area is 104 Å². The molecule has 1 saturated carbocycles. The zero-order valence-electron chi connectivity index (χ0n) is 10.1. The van der Waals surface area contributed by atoms with Crippen LogP contribution in [0, 0.1) is 5.92 Å². The number of amides is 1. The molecule has 0 aromatic carbocycles. The van der Waals surface area contributed by atoms with Crippen LogP contribution in [0.2, 0.25) is 0 Å². The van der Waals surface area contributed by atoms with E-state index in [1.54, 1.807) is 0 Å². The lowest BCUT2D eigenvalue weighted by molar-refractivity contribution is -0.123. The summed E-state index contributed by atoms with van der Waals surface area (Å²) in [5, 5.41) is 2.83. The Morgan fingerprint density at radius 3 is 2.62 bits per heavy atom. The first-order valence-corrected chi connectivity index (χ1v) is 5.69. The van der Waals surface area contributed by atoms with E-state index in [0.29, 0.717) is 19.1 Å². The quantitative estimate of drug-likeness (QED) is 0.665. The van der Waals surface area contributed by atoms with E-state index in [9.17, 15) is 4.79 Å². The van der Waals surface area contributed by atoms with Crippen molar-refractivity contribution in [2.24, 2.45) is 11.7 Å². The topological polar surface area (TPSA) is 64.3 Å². The van der Waals surface area contributed by atoms with Crippen LogP contribution >= 0.6 is 12.4 Å². The fraction of sp³-hybridized carbons (Fsp3) is 0.909. The third-order valence-electron chi connectivity index (χ3n) is 2.44. The monoisotopic (exact) mass is 250 g/mol. The third-order valence-corrected chi connectivity index (χ3v) is 2.44. The highest BCUT2D eigenvalue weighted by Crippen LogP contribution is 2.31. The molecule has 0 spiro atoms. The number of hydrogen-bond acceptors (Lipinski definition) is 3. The van der Waals surface area contributed by atoms with Crippen LogP contribution in [-0.2, 0) is 9.53 Å². The molecule has 1 aliphatic rings. The van der Waals surface area contributed by atoms with Crippen LogP contribution in [0.3, 0.4) is 0 Å². The lowest BCUT2D eigenvalue weighted by Crippen LogP contribution is -2.43. The maximum Gasteiger partial charge on any atom is 0.240 e. The molecule has 4 nitrogen and oxygen atoms in total. The second kappa shape index (κ2) is 7.09. The molecule has 96 valence electrons.